The summed E-state index contributed by atoms with van der Waals surface area (Å²) >= 11 is 0. The summed E-state index contributed by atoms with van der Waals surface area (Å²) in [7, 11) is 0. The summed E-state index contributed by atoms with van der Waals surface area (Å²) in [4.78, 5) is 0. The minimum absolute atomic E-state index is 0.247. The van der Waals surface area contributed by atoms with Crippen LogP contribution in [-0.2, 0) is 9.47 Å². The van der Waals surface area contributed by atoms with Crippen LogP contribution in [0.15, 0.2) is 0 Å². The van der Waals surface area contributed by atoms with Crippen molar-refractivity contribution >= 4 is 0 Å². The third kappa shape index (κ3) is 11.1. The van der Waals surface area contributed by atoms with Gasteiger partial charge in [0.2, 0.25) is 0 Å². The second kappa shape index (κ2) is 13.5. The van der Waals surface area contributed by atoms with Crippen molar-refractivity contribution in [3.05, 3.63) is 0 Å². The van der Waals surface area contributed by atoms with E-state index in [0.717, 1.165) is 26.3 Å². The van der Waals surface area contributed by atoms with E-state index in [1.54, 1.807) is 0 Å². The van der Waals surface area contributed by atoms with Crippen LogP contribution in [0.1, 0.15) is 78.1 Å². The average molecular weight is 299 g/mol. The van der Waals surface area contributed by atoms with Gasteiger partial charge >= 0.3 is 0 Å². The van der Waals surface area contributed by atoms with Crippen LogP contribution in [0.4, 0.5) is 0 Å². The van der Waals surface area contributed by atoms with Gasteiger partial charge in [0.1, 0.15) is 0 Å². The van der Waals surface area contributed by atoms with Crippen molar-refractivity contribution in [3.63, 3.8) is 0 Å². The lowest BCUT2D eigenvalue weighted by Crippen LogP contribution is -2.45. The van der Waals surface area contributed by atoms with E-state index in [9.17, 15) is 0 Å². The highest BCUT2D eigenvalue weighted by Gasteiger charge is 2.18. The van der Waals surface area contributed by atoms with E-state index in [4.69, 9.17) is 9.47 Å². The monoisotopic (exact) mass is 299 g/mol. The van der Waals surface area contributed by atoms with E-state index in [1.807, 2.05) is 0 Å². The Morgan fingerprint density at radius 1 is 0.905 bits per heavy atom. The van der Waals surface area contributed by atoms with E-state index in [2.05, 4.69) is 19.2 Å². The lowest BCUT2D eigenvalue weighted by atomic mass is 10.1. The molecule has 1 heterocycles. The maximum absolute atomic E-state index is 5.80. The van der Waals surface area contributed by atoms with E-state index >= 15 is 0 Å². The van der Waals surface area contributed by atoms with Gasteiger partial charge < -0.3 is 14.8 Å². The molecule has 0 bridgehead atoms. The Labute approximate surface area is 132 Å². The van der Waals surface area contributed by atoms with Gasteiger partial charge in [0, 0.05) is 19.7 Å². The van der Waals surface area contributed by atoms with Crippen LogP contribution in [-0.4, -0.2) is 38.5 Å². The molecular formula is C18H37NO2. The molecule has 0 aromatic rings. The molecule has 3 heteroatoms. The number of nitrogens with one attached hydrogen (secondary N) is 1. The fourth-order valence-corrected chi connectivity index (χ4v) is 2.88. The maximum atomic E-state index is 5.80. The third-order valence-corrected chi connectivity index (χ3v) is 4.17. The normalized spacial score (nSPS) is 22.6. The number of hydrogen-bond acceptors (Lipinski definition) is 3. The van der Waals surface area contributed by atoms with E-state index < -0.39 is 0 Å². The van der Waals surface area contributed by atoms with Crippen LogP contribution >= 0.6 is 0 Å². The van der Waals surface area contributed by atoms with Crippen LogP contribution in [0.5, 0.6) is 0 Å². The molecule has 1 rings (SSSR count). The Balaban J connectivity index is 1.74. The van der Waals surface area contributed by atoms with Crippen LogP contribution < -0.4 is 5.32 Å². The van der Waals surface area contributed by atoms with Gasteiger partial charge in [-0.25, -0.2) is 0 Å². The van der Waals surface area contributed by atoms with E-state index in [-0.39, 0.29) is 6.10 Å². The number of rotatable bonds is 13. The van der Waals surface area contributed by atoms with Gasteiger partial charge in [0.15, 0.2) is 0 Å². The van der Waals surface area contributed by atoms with Crippen molar-refractivity contribution in [1.82, 2.24) is 5.32 Å². The van der Waals surface area contributed by atoms with Crippen molar-refractivity contribution in [1.29, 1.82) is 0 Å². The van der Waals surface area contributed by atoms with Crippen molar-refractivity contribution in [2.45, 2.75) is 90.3 Å². The molecule has 3 nitrogen and oxygen atoms in total. The summed E-state index contributed by atoms with van der Waals surface area (Å²) in [5.74, 6) is 0. The second-order valence-corrected chi connectivity index (χ2v) is 6.48. The van der Waals surface area contributed by atoms with Gasteiger partial charge in [-0.2, -0.15) is 0 Å². The first-order valence-electron chi connectivity index (χ1n) is 9.27. The number of morpholine rings is 1. The van der Waals surface area contributed by atoms with Gasteiger partial charge in [0.05, 0.1) is 18.8 Å². The molecule has 1 saturated heterocycles. The molecule has 0 aliphatic carbocycles. The zero-order valence-corrected chi connectivity index (χ0v) is 14.4. The van der Waals surface area contributed by atoms with Crippen LogP contribution in [0, 0.1) is 0 Å². The molecule has 0 spiro atoms. The number of hydrogen-bond donors (Lipinski definition) is 1. The lowest BCUT2D eigenvalue weighted by Gasteiger charge is -2.28. The van der Waals surface area contributed by atoms with Gasteiger partial charge in [0.25, 0.3) is 0 Å². The molecule has 0 aromatic heterocycles. The first kappa shape index (κ1) is 18.9. The Bertz CT molecular complexity index is 223. The molecule has 1 fully saturated rings. The van der Waals surface area contributed by atoms with Crippen molar-refractivity contribution in [3.8, 4) is 0 Å². The smallest absolute Gasteiger partial charge is 0.0936 e. The second-order valence-electron chi connectivity index (χ2n) is 6.48. The Hall–Kier alpha value is -0.120. The minimum atomic E-state index is 0.247. The van der Waals surface area contributed by atoms with Crippen LogP contribution in [0.3, 0.4) is 0 Å². The summed E-state index contributed by atoms with van der Waals surface area (Å²) in [6.45, 7) is 7.93. The first-order chi connectivity index (χ1) is 10.3. The van der Waals surface area contributed by atoms with Gasteiger partial charge in [-0.15, -0.1) is 0 Å². The van der Waals surface area contributed by atoms with Crippen molar-refractivity contribution in [2.75, 3.05) is 26.3 Å². The maximum Gasteiger partial charge on any atom is 0.0936 e. The molecular weight excluding hydrogens is 262 g/mol. The standard InChI is InChI=1S/C18H37NO2/c1-3-4-5-6-7-8-9-10-11-12-13-20-16-18-15-19-14-17(2)21-18/h17-19H,3-16H2,1-2H3. The molecule has 0 aromatic carbocycles. The highest BCUT2D eigenvalue weighted by atomic mass is 16.5. The fourth-order valence-electron chi connectivity index (χ4n) is 2.88. The van der Waals surface area contributed by atoms with Gasteiger partial charge in [-0.05, 0) is 13.3 Å². The zero-order valence-electron chi connectivity index (χ0n) is 14.4. The molecule has 0 radical (unpaired) electrons. The summed E-state index contributed by atoms with van der Waals surface area (Å²) in [5.41, 5.74) is 0. The highest BCUT2D eigenvalue weighted by Crippen LogP contribution is 2.10. The summed E-state index contributed by atoms with van der Waals surface area (Å²) in [5, 5.41) is 3.37. The topological polar surface area (TPSA) is 30.5 Å². The molecule has 126 valence electrons. The summed E-state index contributed by atoms with van der Waals surface area (Å²) in [6, 6.07) is 0. The van der Waals surface area contributed by atoms with Crippen LogP contribution in [0.2, 0.25) is 0 Å². The van der Waals surface area contributed by atoms with Crippen molar-refractivity contribution in [2.24, 2.45) is 0 Å². The molecule has 1 aliphatic heterocycles. The number of ether oxygens (including phenoxy) is 2. The van der Waals surface area contributed by atoms with E-state index in [1.165, 1.54) is 64.2 Å². The predicted octanol–water partition coefficient (Wildman–Crippen LogP) is 4.30. The molecule has 0 amide bonds. The minimum Gasteiger partial charge on any atom is -0.379 e. The molecule has 2 unspecified atom stereocenters. The Morgan fingerprint density at radius 3 is 2.14 bits per heavy atom. The first-order valence-corrected chi connectivity index (χ1v) is 9.27. The van der Waals surface area contributed by atoms with Crippen LogP contribution in [0.25, 0.3) is 0 Å². The lowest BCUT2D eigenvalue weighted by molar-refractivity contribution is -0.0688. The Morgan fingerprint density at radius 2 is 1.52 bits per heavy atom. The third-order valence-electron chi connectivity index (χ3n) is 4.17. The molecule has 21 heavy (non-hydrogen) atoms. The molecule has 0 saturated carbocycles. The van der Waals surface area contributed by atoms with Gasteiger partial charge in [-0.3, -0.25) is 0 Å². The van der Waals surface area contributed by atoms with E-state index in [0.29, 0.717) is 6.10 Å². The molecule has 1 aliphatic rings. The fraction of sp³-hybridized carbons (Fsp3) is 1.00. The summed E-state index contributed by atoms with van der Waals surface area (Å²) in [6.07, 6.45) is 14.3. The SMILES string of the molecule is CCCCCCCCCCCCOCC1CNCC(C)O1. The zero-order chi connectivity index (χ0) is 15.2. The van der Waals surface area contributed by atoms with Gasteiger partial charge in [-0.1, -0.05) is 64.7 Å². The Kier molecular flexibility index (Phi) is 12.2. The largest absolute Gasteiger partial charge is 0.379 e. The predicted molar refractivity (Wildman–Crippen MR) is 89.9 cm³/mol. The highest BCUT2D eigenvalue weighted by molar-refractivity contribution is 4.71. The average Bonchev–Trinajstić information content (AvgIpc) is 2.48. The summed E-state index contributed by atoms with van der Waals surface area (Å²) < 4.78 is 11.5. The molecule has 2 atom stereocenters. The van der Waals surface area contributed by atoms with Crippen molar-refractivity contribution < 1.29 is 9.47 Å². The molecule has 1 N–H and O–H groups in total. The number of unbranched alkanes of at least 4 members (excludes halogenated alkanes) is 9. The quantitative estimate of drug-likeness (QED) is 0.514.